The van der Waals surface area contributed by atoms with Gasteiger partial charge in [-0.1, -0.05) is 26.0 Å². The number of nitro benzene ring substituents is 1. The lowest BCUT2D eigenvalue weighted by Crippen LogP contribution is -2.29. The van der Waals surface area contributed by atoms with Gasteiger partial charge in [-0.3, -0.25) is 14.9 Å². The highest BCUT2D eigenvalue weighted by atomic mass is 16.6. The quantitative estimate of drug-likeness (QED) is 0.523. The predicted octanol–water partition coefficient (Wildman–Crippen LogP) is 3.64. The minimum atomic E-state index is -0.436. The number of pyridine rings is 1. The van der Waals surface area contributed by atoms with E-state index in [0.29, 0.717) is 30.3 Å². The molecule has 1 aliphatic rings. The van der Waals surface area contributed by atoms with Crippen molar-refractivity contribution < 1.29 is 9.72 Å². The lowest BCUT2D eigenvalue weighted by molar-refractivity contribution is -0.384. The Bertz CT molecular complexity index is 1050. The van der Waals surface area contributed by atoms with Gasteiger partial charge in [-0.2, -0.15) is 0 Å². The van der Waals surface area contributed by atoms with Crippen LogP contribution in [-0.2, 0) is 12.8 Å². The molecule has 0 N–H and O–H groups in total. The van der Waals surface area contributed by atoms with Crippen LogP contribution in [0.5, 0.6) is 0 Å². The summed E-state index contributed by atoms with van der Waals surface area (Å²) in [6, 6.07) is 10.4. The highest BCUT2D eigenvalue weighted by Gasteiger charge is 2.30. The first-order valence-electron chi connectivity index (χ1n) is 9.01. The number of nitrogens with zero attached hydrogens (tertiary/aromatic N) is 4. The summed E-state index contributed by atoms with van der Waals surface area (Å²) in [4.78, 5) is 30.2. The van der Waals surface area contributed by atoms with E-state index in [1.807, 2.05) is 28.8 Å². The molecule has 0 aliphatic carbocycles. The van der Waals surface area contributed by atoms with Crippen LogP contribution in [0, 0.1) is 16.0 Å². The number of carbonyl (C=O) groups excluding carboxylic acids is 1. The van der Waals surface area contributed by atoms with E-state index in [4.69, 9.17) is 0 Å². The zero-order valence-electron chi connectivity index (χ0n) is 15.3. The summed E-state index contributed by atoms with van der Waals surface area (Å²) in [6.07, 6.45) is 3.36. The van der Waals surface area contributed by atoms with Gasteiger partial charge in [-0.25, -0.2) is 4.98 Å². The molecule has 0 unspecified atom stereocenters. The molecule has 4 rings (SSSR count). The van der Waals surface area contributed by atoms with E-state index in [2.05, 4.69) is 18.8 Å². The number of fused-ring (bicyclic) bond motifs is 2. The molecule has 1 aliphatic heterocycles. The summed E-state index contributed by atoms with van der Waals surface area (Å²) >= 11 is 0. The normalized spacial score (nSPS) is 13.4. The number of carbonyl (C=O) groups is 1. The van der Waals surface area contributed by atoms with Gasteiger partial charge in [-0.15, -0.1) is 0 Å². The molecule has 0 saturated heterocycles. The van der Waals surface area contributed by atoms with Crippen LogP contribution in [0.4, 0.5) is 11.4 Å². The van der Waals surface area contributed by atoms with Gasteiger partial charge in [0.15, 0.2) is 5.69 Å². The van der Waals surface area contributed by atoms with Gasteiger partial charge in [0.05, 0.1) is 16.1 Å². The van der Waals surface area contributed by atoms with Gasteiger partial charge in [0.1, 0.15) is 5.82 Å². The second-order valence-corrected chi connectivity index (χ2v) is 7.21. The summed E-state index contributed by atoms with van der Waals surface area (Å²) in [5.74, 6) is 1.05. The molecule has 7 heteroatoms. The highest BCUT2D eigenvalue weighted by molar-refractivity contribution is 6.10. The SMILES string of the molecule is CC(C)Cc1nc(C(=O)N2CCc3ccc([N+](=O)[O-])cc32)c2ccccn12. The molecule has 0 radical (unpaired) electrons. The van der Waals surface area contributed by atoms with Crippen LogP contribution in [0.3, 0.4) is 0 Å². The Morgan fingerprint density at radius 1 is 1.30 bits per heavy atom. The Morgan fingerprint density at radius 3 is 2.85 bits per heavy atom. The van der Waals surface area contributed by atoms with Crippen LogP contribution in [-0.4, -0.2) is 26.8 Å². The van der Waals surface area contributed by atoms with Crippen molar-refractivity contribution in [1.29, 1.82) is 0 Å². The molecule has 138 valence electrons. The number of anilines is 1. The number of aromatic nitrogens is 2. The van der Waals surface area contributed by atoms with E-state index in [9.17, 15) is 14.9 Å². The summed E-state index contributed by atoms with van der Waals surface area (Å²) in [5.41, 5.74) is 2.70. The molecular formula is C20H20N4O3. The van der Waals surface area contributed by atoms with Crippen LogP contribution in [0.25, 0.3) is 5.52 Å². The summed E-state index contributed by atoms with van der Waals surface area (Å²) in [6.45, 7) is 4.73. The number of amides is 1. The smallest absolute Gasteiger partial charge is 0.279 e. The fourth-order valence-corrected chi connectivity index (χ4v) is 3.59. The fourth-order valence-electron chi connectivity index (χ4n) is 3.59. The molecule has 0 bridgehead atoms. The average Bonchev–Trinajstić information content (AvgIpc) is 3.22. The number of hydrogen-bond donors (Lipinski definition) is 0. The van der Waals surface area contributed by atoms with Crippen molar-refractivity contribution in [3.63, 3.8) is 0 Å². The molecule has 0 atom stereocenters. The summed E-state index contributed by atoms with van der Waals surface area (Å²) in [5, 5.41) is 11.1. The van der Waals surface area contributed by atoms with Crippen molar-refractivity contribution in [2.24, 2.45) is 5.92 Å². The Balaban J connectivity index is 1.77. The third-order valence-corrected chi connectivity index (χ3v) is 4.84. The van der Waals surface area contributed by atoms with Crippen molar-refractivity contribution in [2.75, 3.05) is 11.4 Å². The van der Waals surface area contributed by atoms with E-state index in [0.717, 1.165) is 23.3 Å². The van der Waals surface area contributed by atoms with Crippen molar-refractivity contribution in [3.05, 3.63) is 69.8 Å². The lowest BCUT2D eigenvalue weighted by Gasteiger charge is -2.16. The molecule has 1 amide bonds. The van der Waals surface area contributed by atoms with Crippen LogP contribution in [0.1, 0.15) is 35.7 Å². The van der Waals surface area contributed by atoms with E-state index in [-0.39, 0.29) is 11.6 Å². The second-order valence-electron chi connectivity index (χ2n) is 7.21. The molecule has 1 aromatic carbocycles. The molecule has 3 heterocycles. The minimum absolute atomic E-state index is 0.0105. The first-order valence-corrected chi connectivity index (χ1v) is 9.01. The molecule has 3 aromatic rings. The van der Waals surface area contributed by atoms with Crippen LogP contribution in [0.15, 0.2) is 42.6 Å². The first-order chi connectivity index (χ1) is 13.0. The number of imidazole rings is 1. The van der Waals surface area contributed by atoms with E-state index in [1.165, 1.54) is 12.1 Å². The van der Waals surface area contributed by atoms with Gasteiger partial charge in [0.2, 0.25) is 0 Å². The molecule has 0 fully saturated rings. The predicted molar refractivity (Wildman–Crippen MR) is 102 cm³/mol. The standard InChI is InChI=1S/C20H20N4O3/c1-13(2)11-18-21-19(16-5-3-4-9-22(16)18)20(25)23-10-8-14-6-7-15(24(26)27)12-17(14)23/h3-7,9,12-13H,8,10-11H2,1-2H3. The maximum absolute atomic E-state index is 13.3. The highest BCUT2D eigenvalue weighted by Crippen LogP contribution is 2.33. The number of benzene rings is 1. The minimum Gasteiger partial charge on any atom is -0.306 e. The molecule has 27 heavy (non-hydrogen) atoms. The summed E-state index contributed by atoms with van der Waals surface area (Å²) in [7, 11) is 0. The maximum atomic E-state index is 13.3. The van der Waals surface area contributed by atoms with Gasteiger partial charge < -0.3 is 9.30 Å². The van der Waals surface area contributed by atoms with Gasteiger partial charge in [0.25, 0.3) is 11.6 Å². The largest absolute Gasteiger partial charge is 0.306 e. The molecule has 2 aromatic heterocycles. The molecule has 0 spiro atoms. The fraction of sp³-hybridized carbons (Fsp3) is 0.300. The Kier molecular flexibility index (Phi) is 4.14. The monoisotopic (exact) mass is 364 g/mol. The maximum Gasteiger partial charge on any atom is 0.279 e. The van der Waals surface area contributed by atoms with E-state index < -0.39 is 4.92 Å². The topological polar surface area (TPSA) is 80.8 Å². The van der Waals surface area contributed by atoms with Gasteiger partial charge in [0, 0.05) is 31.3 Å². The zero-order valence-corrected chi connectivity index (χ0v) is 15.3. The van der Waals surface area contributed by atoms with Gasteiger partial charge in [-0.05, 0) is 30.0 Å². The average molecular weight is 364 g/mol. The first kappa shape index (κ1) is 17.2. The van der Waals surface area contributed by atoms with Crippen LogP contribution < -0.4 is 4.90 Å². The number of rotatable bonds is 4. The lowest BCUT2D eigenvalue weighted by atomic mass is 10.1. The van der Waals surface area contributed by atoms with Crippen LogP contribution >= 0.6 is 0 Å². The van der Waals surface area contributed by atoms with Crippen molar-refractivity contribution in [2.45, 2.75) is 26.7 Å². The van der Waals surface area contributed by atoms with E-state index >= 15 is 0 Å². The van der Waals surface area contributed by atoms with E-state index in [1.54, 1.807) is 11.0 Å². The third-order valence-electron chi connectivity index (χ3n) is 4.84. The molecule has 7 nitrogen and oxygen atoms in total. The van der Waals surface area contributed by atoms with Gasteiger partial charge >= 0.3 is 0 Å². The molecule has 0 saturated carbocycles. The number of hydrogen-bond acceptors (Lipinski definition) is 4. The second kappa shape index (κ2) is 6.50. The number of nitro groups is 1. The Morgan fingerprint density at radius 2 is 2.11 bits per heavy atom. The van der Waals surface area contributed by atoms with Crippen LogP contribution in [0.2, 0.25) is 0 Å². The third kappa shape index (κ3) is 2.95. The zero-order chi connectivity index (χ0) is 19.1. The van der Waals surface area contributed by atoms with Crippen molar-refractivity contribution in [3.8, 4) is 0 Å². The molecular weight excluding hydrogens is 344 g/mol. The van der Waals surface area contributed by atoms with Crippen molar-refractivity contribution in [1.82, 2.24) is 9.38 Å². The Labute approximate surface area is 156 Å². The Hall–Kier alpha value is -3.22. The van der Waals surface area contributed by atoms with Crippen molar-refractivity contribution >= 4 is 22.8 Å². The summed E-state index contributed by atoms with van der Waals surface area (Å²) < 4.78 is 1.96. The number of non-ortho nitro benzene ring substituents is 1.